The number of aliphatic hydroxyl groups is 1. The maximum atomic E-state index is 12.5. The highest BCUT2D eigenvalue weighted by Gasteiger charge is 2.32. The summed E-state index contributed by atoms with van der Waals surface area (Å²) in [5, 5.41) is 16.0. The molecule has 1 aliphatic rings. The van der Waals surface area contributed by atoms with Gasteiger partial charge in [-0.2, -0.15) is 0 Å². The first-order chi connectivity index (χ1) is 9.32. The predicted octanol–water partition coefficient (Wildman–Crippen LogP) is 0.324. The molecule has 0 radical (unpaired) electrons. The number of nitrogens with one attached hydrogen (secondary N) is 1. The van der Waals surface area contributed by atoms with Gasteiger partial charge in [-0.25, -0.2) is 4.98 Å². The van der Waals surface area contributed by atoms with E-state index < -0.39 is 0 Å². The minimum atomic E-state index is -0.337. The molecule has 7 heteroatoms. The number of hydrogen-bond donors (Lipinski definition) is 2. The van der Waals surface area contributed by atoms with Gasteiger partial charge in [-0.05, 0) is 6.92 Å². The second-order valence-corrected chi connectivity index (χ2v) is 6.20. The van der Waals surface area contributed by atoms with Crippen molar-refractivity contribution in [2.75, 3.05) is 19.8 Å². The summed E-state index contributed by atoms with van der Waals surface area (Å²) in [6.07, 6.45) is -0.337. The van der Waals surface area contributed by atoms with Gasteiger partial charge < -0.3 is 14.7 Å². The van der Waals surface area contributed by atoms with Crippen LogP contribution < -0.4 is 0 Å². The molecule has 0 aliphatic carbocycles. The van der Waals surface area contributed by atoms with Crippen LogP contribution in [0.1, 0.15) is 44.1 Å². The van der Waals surface area contributed by atoms with Crippen molar-refractivity contribution in [1.29, 1.82) is 0 Å². The Bertz CT molecular complexity index is 480. The molecular weight excluding hydrogens is 260 g/mol. The number of morpholine rings is 1. The largest absolute Gasteiger partial charge is 0.394 e. The van der Waals surface area contributed by atoms with Crippen LogP contribution in [0.4, 0.5) is 0 Å². The van der Waals surface area contributed by atoms with Gasteiger partial charge in [-0.3, -0.25) is 9.89 Å². The molecule has 1 saturated heterocycles. The standard InChI is InChI=1S/C13H22N4O3/c1-8-7-20-9(6-18)5-17(8)11(19)10-14-12(16-15-10)13(2,3)4/h8-9,18H,5-7H2,1-4H3,(H,14,15,16). The van der Waals surface area contributed by atoms with Crippen LogP contribution in [0, 0.1) is 0 Å². The van der Waals surface area contributed by atoms with Gasteiger partial charge >= 0.3 is 0 Å². The third-order valence-corrected chi connectivity index (χ3v) is 3.36. The number of rotatable bonds is 2. The second-order valence-electron chi connectivity index (χ2n) is 6.20. The number of carbonyl (C=O) groups excluding carboxylic acids is 1. The quantitative estimate of drug-likeness (QED) is 0.815. The Balaban J connectivity index is 2.15. The molecule has 0 bridgehead atoms. The van der Waals surface area contributed by atoms with E-state index in [-0.39, 0.29) is 35.9 Å². The molecular formula is C13H22N4O3. The molecule has 2 rings (SSSR count). The fraction of sp³-hybridized carbons (Fsp3) is 0.769. The average Bonchev–Trinajstić information content (AvgIpc) is 2.88. The highest BCUT2D eigenvalue weighted by atomic mass is 16.5. The van der Waals surface area contributed by atoms with Crippen LogP contribution in [-0.4, -0.2) is 63.0 Å². The molecule has 20 heavy (non-hydrogen) atoms. The Morgan fingerprint density at radius 2 is 2.25 bits per heavy atom. The number of ether oxygens (including phenoxy) is 1. The lowest BCUT2D eigenvalue weighted by atomic mass is 9.96. The number of nitrogens with zero attached hydrogens (tertiary/aromatic N) is 3. The first-order valence-electron chi connectivity index (χ1n) is 6.79. The third-order valence-electron chi connectivity index (χ3n) is 3.36. The van der Waals surface area contributed by atoms with E-state index in [1.807, 2.05) is 27.7 Å². The molecule has 1 aliphatic heterocycles. The van der Waals surface area contributed by atoms with E-state index in [4.69, 9.17) is 9.84 Å². The van der Waals surface area contributed by atoms with Gasteiger partial charge in [0, 0.05) is 12.0 Å². The predicted molar refractivity (Wildman–Crippen MR) is 72.4 cm³/mol. The first-order valence-corrected chi connectivity index (χ1v) is 6.79. The van der Waals surface area contributed by atoms with E-state index in [2.05, 4.69) is 15.2 Å². The number of aromatic amines is 1. The summed E-state index contributed by atoms with van der Waals surface area (Å²) in [6.45, 7) is 8.58. The van der Waals surface area contributed by atoms with Crippen LogP contribution in [0.25, 0.3) is 0 Å². The van der Waals surface area contributed by atoms with Crippen molar-refractivity contribution in [3.8, 4) is 0 Å². The van der Waals surface area contributed by atoms with Crippen molar-refractivity contribution >= 4 is 5.91 Å². The van der Waals surface area contributed by atoms with Gasteiger partial charge in [0.2, 0.25) is 5.82 Å². The van der Waals surface area contributed by atoms with Crippen LogP contribution in [0.3, 0.4) is 0 Å². The van der Waals surface area contributed by atoms with Crippen molar-refractivity contribution in [1.82, 2.24) is 20.1 Å². The SMILES string of the molecule is CC1COC(CO)CN1C(=O)c1n[nH]c(C(C)(C)C)n1. The highest BCUT2D eigenvalue weighted by Crippen LogP contribution is 2.19. The molecule has 1 aromatic rings. The summed E-state index contributed by atoms with van der Waals surface area (Å²) in [5.41, 5.74) is -0.185. The second kappa shape index (κ2) is 5.49. The average molecular weight is 282 g/mol. The molecule has 1 fully saturated rings. The molecule has 7 nitrogen and oxygen atoms in total. The van der Waals surface area contributed by atoms with E-state index >= 15 is 0 Å². The van der Waals surface area contributed by atoms with Crippen molar-refractivity contribution in [3.05, 3.63) is 11.6 Å². The minimum absolute atomic E-state index is 0.0538. The summed E-state index contributed by atoms with van der Waals surface area (Å²) in [6, 6.07) is -0.0538. The fourth-order valence-electron chi connectivity index (χ4n) is 2.03. The number of aromatic nitrogens is 3. The zero-order chi connectivity index (χ0) is 14.9. The lowest BCUT2D eigenvalue weighted by molar-refractivity contribution is -0.0670. The maximum absolute atomic E-state index is 12.5. The summed E-state index contributed by atoms with van der Waals surface area (Å²) < 4.78 is 5.42. The van der Waals surface area contributed by atoms with E-state index in [1.54, 1.807) is 4.90 Å². The Hall–Kier alpha value is -1.47. The fourth-order valence-corrected chi connectivity index (χ4v) is 2.03. The summed E-state index contributed by atoms with van der Waals surface area (Å²) >= 11 is 0. The highest BCUT2D eigenvalue weighted by molar-refractivity contribution is 5.90. The van der Waals surface area contributed by atoms with E-state index in [0.29, 0.717) is 19.0 Å². The maximum Gasteiger partial charge on any atom is 0.293 e. The van der Waals surface area contributed by atoms with Gasteiger partial charge in [-0.15, -0.1) is 5.10 Å². The zero-order valence-electron chi connectivity index (χ0n) is 12.4. The third kappa shape index (κ3) is 2.99. The molecule has 1 amide bonds. The van der Waals surface area contributed by atoms with Gasteiger partial charge in [-0.1, -0.05) is 20.8 Å². The Labute approximate surface area is 118 Å². The molecule has 0 aromatic carbocycles. The molecule has 2 unspecified atom stereocenters. The lowest BCUT2D eigenvalue weighted by Gasteiger charge is -2.36. The van der Waals surface area contributed by atoms with E-state index in [9.17, 15) is 4.79 Å². The molecule has 0 spiro atoms. The van der Waals surface area contributed by atoms with Crippen molar-refractivity contribution < 1.29 is 14.6 Å². The number of carbonyl (C=O) groups is 1. The molecule has 0 saturated carbocycles. The van der Waals surface area contributed by atoms with E-state index in [0.717, 1.165) is 0 Å². The molecule has 2 N–H and O–H groups in total. The van der Waals surface area contributed by atoms with Crippen LogP contribution in [0.5, 0.6) is 0 Å². The van der Waals surface area contributed by atoms with Gasteiger partial charge in [0.25, 0.3) is 5.91 Å². The molecule has 2 heterocycles. The van der Waals surface area contributed by atoms with Gasteiger partial charge in [0.1, 0.15) is 5.82 Å². The van der Waals surface area contributed by atoms with Crippen LogP contribution in [0.15, 0.2) is 0 Å². The summed E-state index contributed by atoms with van der Waals surface area (Å²) in [4.78, 5) is 18.4. The van der Waals surface area contributed by atoms with Crippen LogP contribution in [-0.2, 0) is 10.2 Å². The van der Waals surface area contributed by atoms with Crippen LogP contribution in [0.2, 0.25) is 0 Å². The van der Waals surface area contributed by atoms with E-state index in [1.165, 1.54) is 0 Å². The monoisotopic (exact) mass is 282 g/mol. The molecule has 2 atom stereocenters. The number of hydrogen-bond acceptors (Lipinski definition) is 5. The summed E-state index contributed by atoms with van der Waals surface area (Å²) in [7, 11) is 0. The zero-order valence-corrected chi connectivity index (χ0v) is 12.4. The molecule has 112 valence electrons. The van der Waals surface area contributed by atoms with Crippen LogP contribution >= 0.6 is 0 Å². The Morgan fingerprint density at radius 3 is 2.80 bits per heavy atom. The van der Waals surface area contributed by atoms with Gasteiger partial charge in [0.15, 0.2) is 0 Å². The Kier molecular flexibility index (Phi) is 4.10. The lowest BCUT2D eigenvalue weighted by Crippen LogP contribution is -2.52. The normalized spacial score (nSPS) is 23.9. The number of aliphatic hydroxyl groups excluding tert-OH is 1. The Morgan fingerprint density at radius 1 is 1.55 bits per heavy atom. The van der Waals surface area contributed by atoms with Gasteiger partial charge in [0.05, 0.1) is 25.4 Å². The topological polar surface area (TPSA) is 91.3 Å². The van der Waals surface area contributed by atoms with Crippen molar-refractivity contribution in [3.63, 3.8) is 0 Å². The minimum Gasteiger partial charge on any atom is -0.394 e. The van der Waals surface area contributed by atoms with Crippen molar-refractivity contribution in [2.45, 2.75) is 45.3 Å². The first kappa shape index (κ1) is 14.9. The van der Waals surface area contributed by atoms with Crippen molar-refractivity contribution in [2.24, 2.45) is 0 Å². The molecule has 1 aromatic heterocycles. The smallest absolute Gasteiger partial charge is 0.293 e. The number of amides is 1. The number of H-pyrrole nitrogens is 1. The summed E-state index contributed by atoms with van der Waals surface area (Å²) in [5.74, 6) is 0.617.